The van der Waals surface area contributed by atoms with Crippen LogP contribution in [0.2, 0.25) is 0 Å². The minimum absolute atomic E-state index is 0.314. The first-order valence-electron chi connectivity index (χ1n) is 10.6. The van der Waals surface area contributed by atoms with E-state index in [0.717, 1.165) is 76.7 Å². The SMILES string of the molecule is CCC(C)NC(=NCCc1ccco1)N1CCC(OCC2CCCO2)CC1. The number of nitrogens with zero attached hydrogens (tertiary/aromatic N) is 2. The Morgan fingerprint density at radius 1 is 1.37 bits per heavy atom. The Hall–Kier alpha value is -1.53. The Bertz CT molecular complexity index is 547. The Kier molecular flexibility index (Phi) is 8.02. The van der Waals surface area contributed by atoms with Gasteiger partial charge in [-0.25, -0.2) is 0 Å². The van der Waals surface area contributed by atoms with Crippen molar-refractivity contribution < 1.29 is 13.9 Å². The number of hydrogen-bond acceptors (Lipinski definition) is 4. The number of hydrogen-bond donors (Lipinski definition) is 1. The molecule has 2 atom stereocenters. The molecule has 1 aromatic rings. The zero-order valence-electron chi connectivity index (χ0n) is 16.9. The fraction of sp³-hybridized carbons (Fsp3) is 0.762. The third kappa shape index (κ3) is 6.54. The highest BCUT2D eigenvalue weighted by Gasteiger charge is 2.24. The maximum atomic E-state index is 6.10. The van der Waals surface area contributed by atoms with Crippen LogP contribution in [0, 0.1) is 0 Å². The van der Waals surface area contributed by atoms with Gasteiger partial charge in [0.05, 0.1) is 25.1 Å². The normalized spacial score (nSPS) is 23.0. The average Bonchev–Trinajstić information content (AvgIpc) is 3.40. The molecule has 0 amide bonds. The smallest absolute Gasteiger partial charge is 0.194 e. The van der Waals surface area contributed by atoms with Crippen LogP contribution in [0.15, 0.2) is 27.8 Å². The predicted octanol–water partition coefficient (Wildman–Crippen LogP) is 3.23. The molecule has 2 unspecified atom stereocenters. The molecule has 0 aromatic carbocycles. The summed E-state index contributed by atoms with van der Waals surface area (Å²) in [7, 11) is 0. The van der Waals surface area contributed by atoms with Crippen molar-refractivity contribution in [3.05, 3.63) is 24.2 Å². The molecule has 6 nitrogen and oxygen atoms in total. The topological polar surface area (TPSA) is 59.2 Å². The van der Waals surface area contributed by atoms with Crippen LogP contribution in [0.3, 0.4) is 0 Å². The lowest BCUT2D eigenvalue weighted by Gasteiger charge is -2.35. The highest BCUT2D eigenvalue weighted by Crippen LogP contribution is 2.18. The van der Waals surface area contributed by atoms with Gasteiger partial charge in [0.1, 0.15) is 5.76 Å². The van der Waals surface area contributed by atoms with Gasteiger partial charge in [0.15, 0.2) is 5.96 Å². The van der Waals surface area contributed by atoms with E-state index in [2.05, 4.69) is 24.1 Å². The molecule has 2 aliphatic heterocycles. The van der Waals surface area contributed by atoms with Crippen LogP contribution in [-0.4, -0.2) is 62.0 Å². The molecule has 0 aliphatic carbocycles. The van der Waals surface area contributed by atoms with Gasteiger partial charge < -0.3 is 24.1 Å². The predicted molar refractivity (Wildman–Crippen MR) is 107 cm³/mol. The molecule has 2 fully saturated rings. The summed E-state index contributed by atoms with van der Waals surface area (Å²) in [6.45, 7) is 8.76. The maximum Gasteiger partial charge on any atom is 0.194 e. The molecule has 1 N–H and O–H groups in total. The highest BCUT2D eigenvalue weighted by molar-refractivity contribution is 5.80. The minimum atomic E-state index is 0.314. The van der Waals surface area contributed by atoms with Crippen molar-refractivity contribution in [1.29, 1.82) is 0 Å². The monoisotopic (exact) mass is 377 g/mol. The van der Waals surface area contributed by atoms with Crippen LogP contribution in [0.1, 0.15) is 51.7 Å². The van der Waals surface area contributed by atoms with E-state index in [1.807, 2.05) is 12.1 Å². The molecule has 1 aromatic heterocycles. The summed E-state index contributed by atoms with van der Waals surface area (Å²) >= 11 is 0. The number of furan rings is 1. The molecule has 2 aliphatic rings. The molecule has 0 bridgehead atoms. The van der Waals surface area contributed by atoms with Crippen molar-refractivity contribution in [2.45, 2.75) is 70.6 Å². The summed E-state index contributed by atoms with van der Waals surface area (Å²) in [5, 5.41) is 3.59. The second kappa shape index (κ2) is 10.7. The van der Waals surface area contributed by atoms with E-state index in [0.29, 0.717) is 18.2 Å². The van der Waals surface area contributed by atoms with Gasteiger partial charge in [-0.15, -0.1) is 0 Å². The lowest BCUT2D eigenvalue weighted by molar-refractivity contribution is -0.0367. The van der Waals surface area contributed by atoms with E-state index in [9.17, 15) is 0 Å². The first-order chi connectivity index (χ1) is 13.2. The first kappa shape index (κ1) is 20.2. The zero-order valence-corrected chi connectivity index (χ0v) is 16.9. The molecular formula is C21H35N3O3. The van der Waals surface area contributed by atoms with E-state index in [1.54, 1.807) is 6.26 Å². The van der Waals surface area contributed by atoms with Crippen LogP contribution in [0.4, 0.5) is 0 Å². The average molecular weight is 378 g/mol. The molecule has 0 saturated carbocycles. The van der Waals surface area contributed by atoms with Gasteiger partial charge in [0, 0.05) is 38.7 Å². The van der Waals surface area contributed by atoms with Crippen molar-refractivity contribution in [2.75, 3.05) is 32.8 Å². The van der Waals surface area contributed by atoms with Crippen molar-refractivity contribution >= 4 is 5.96 Å². The van der Waals surface area contributed by atoms with Crippen molar-refractivity contribution in [2.24, 2.45) is 4.99 Å². The fourth-order valence-electron chi connectivity index (χ4n) is 3.54. The third-order valence-corrected chi connectivity index (χ3v) is 5.47. The van der Waals surface area contributed by atoms with E-state index in [4.69, 9.17) is 18.9 Å². The van der Waals surface area contributed by atoms with Gasteiger partial charge in [-0.3, -0.25) is 4.99 Å². The largest absolute Gasteiger partial charge is 0.469 e. The Labute approximate surface area is 163 Å². The number of nitrogens with one attached hydrogen (secondary N) is 1. The molecular weight excluding hydrogens is 342 g/mol. The zero-order chi connectivity index (χ0) is 18.9. The van der Waals surface area contributed by atoms with E-state index in [1.165, 1.54) is 6.42 Å². The van der Waals surface area contributed by atoms with Crippen molar-refractivity contribution in [1.82, 2.24) is 10.2 Å². The Morgan fingerprint density at radius 2 is 2.22 bits per heavy atom. The van der Waals surface area contributed by atoms with Gasteiger partial charge in [-0.05, 0) is 51.2 Å². The first-order valence-corrected chi connectivity index (χ1v) is 10.6. The Morgan fingerprint density at radius 3 is 2.89 bits per heavy atom. The van der Waals surface area contributed by atoms with Crippen LogP contribution in [0.5, 0.6) is 0 Å². The summed E-state index contributed by atoms with van der Waals surface area (Å²) in [5.74, 6) is 2.01. The molecule has 3 rings (SSSR count). The molecule has 0 spiro atoms. The summed E-state index contributed by atoms with van der Waals surface area (Å²) in [6.07, 6.45) is 8.71. The summed E-state index contributed by atoms with van der Waals surface area (Å²) in [5.41, 5.74) is 0. The fourth-order valence-corrected chi connectivity index (χ4v) is 3.54. The Balaban J connectivity index is 1.46. The quantitative estimate of drug-likeness (QED) is 0.557. The van der Waals surface area contributed by atoms with E-state index >= 15 is 0 Å². The number of likely N-dealkylation sites (tertiary alicyclic amines) is 1. The van der Waals surface area contributed by atoms with Crippen molar-refractivity contribution in [3.63, 3.8) is 0 Å². The number of aliphatic imine (C=N–C) groups is 1. The lowest BCUT2D eigenvalue weighted by atomic mass is 10.1. The summed E-state index contributed by atoms with van der Waals surface area (Å²) in [6, 6.07) is 4.35. The maximum absolute atomic E-state index is 6.10. The van der Waals surface area contributed by atoms with Crippen LogP contribution in [-0.2, 0) is 15.9 Å². The number of rotatable bonds is 8. The van der Waals surface area contributed by atoms with Gasteiger partial charge in [0.25, 0.3) is 0 Å². The standard InChI is InChI=1S/C21H35N3O3/c1-3-17(2)23-21(22-11-8-18-6-4-14-25-18)24-12-9-19(10-13-24)27-16-20-7-5-15-26-20/h4,6,14,17,19-20H,3,5,7-13,15-16H2,1-2H3,(H,22,23). The van der Waals surface area contributed by atoms with Gasteiger partial charge in [0.2, 0.25) is 0 Å². The van der Waals surface area contributed by atoms with Gasteiger partial charge >= 0.3 is 0 Å². The van der Waals surface area contributed by atoms with Crippen LogP contribution < -0.4 is 5.32 Å². The summed E-state index contributed by atoms with van der Waals surface area (Å²) < 4.78 is 17.2. The van der Waals surface area contributed by atoms with Gasteiger partial charge in [-0.1, -0.05) is 6.92 Å². The molecule has 6 heteroatoms. The van der Waals surface area contributed by atoms with Crippen molar-refractivity contribution in [3.8, 4) is 0 Å². The second-order valence-electron chi connectivity index (χ2n) is 7.64. The molecule has 3 heterocycles. The van der Waals surface area contributed by atoms with Gasteiger partial charge in [-0.2, -0.15) is 0 Å². The molecule has 152 valence electrons. The molecule has 2 saturated heterocycles. The van der Waals surface area contributed by atoms with Crippen LogP contribution in [0.25, 0.3) is 0 Å². The lowest BCUT2D eigenvalue weighted by Crippen LogP contribution is -2.49. The number of piperidine rings is 1. The third-order valence-electron chi connectivity index (χ3n) is 5.47. The minimum Gasteiger partial charge on any atom is -0.469 e. The molecule has 27 heavy (non-hydrogen) atoms. The van der Waals surface area contributed by atoms with Crippen LogP contribution >= 0.6 is 0 Å². The second-order valence-corrected chi connectivity index (χ2v) is 7.64. The highest BCUT2D eigenvalue weighted by atomic mass is 16.5. The number of guanidine groups is 1. The van der Waals surface area contributed by atoms with E-state index < -0.39 is 0 Å². The summed E-state index contributed by atoms with van der Waals surface area (Å²) in [4.78, 5) is 7.23. The molecule has 0 radical (unpaired) electrons. The number of ether oxygens (including phenoxy) is 2. The van der Waals surface area contributed by atoms with E-state index in [-0.39, 0.29) is 0 Å².